The number of thiophene rings is 1. The zero-order valence-electron chi connectivity index (χ0n) is 8.93. The van der Waals surface area contributed by atoms with Crippen LogP contribution in [0.15, 0.2) is 23.6 Å². The van der Waals surface area contributed by atoms with Crippen LogP contribution in [0.1, 0.15) is 11.1 Å². The van der Waals surface area contributed by atoms with Gasteiger partial charge in [0.15, 0.2) is 9.84 Å². The molecule has 0 radical (unpaired) electrons. The second-order valence-corrected chi connectivity index (χ2v) is 6.92. The number of hydrogen-bond acceptors (Lipinski definition) is 4. The Labute approximate surface area is 98.8 Å². The van der Waals surface area contributed by atoms with Gasteiger partial charge in [-0.3, -0.25) is 0 Å². The minimum atomic E-state index is -2.97. The van der Waals surface area contributed by atoms with E-state index in [1.54, 1.807) is 11.3 Å². The van der Waals surface area contributed by atoms with Crippen LogP contribution in [0.3, 0.4) is 0 Å². The second-order valence-electron chi connectivity index (χ2n) is 3.87. The lowest BCUT2D eigenvalue weighted by molar-refractivity contribution is 0.601. The summed E-state index contributed by atoms with van der Waals surface area (Å²) in [6, 6.07) is 5.92. The highest BCUT2D eigenvalue weighted by Crippen LogP contribution is 2.28. The molecule has 1 aromatic heterocycles. The molecule has 5 heteroatoms. The topological polar surface area (TPSA) is 60.2 Å². The highest BCUT2D eigenvalue weighted by Gasteiger charge is 2.10. The quantitative estimate of drug-likeness (QED) is 0.911. The number of benzene rings is 1. The van der Waals surface area contributed by atoms with Crippen molar-refractivity contribution in [1.82, 2.24) is 0 Å². The first-order valence-corrected chi connectivity index (χ1v) is 7.80. The Balaban J connectivity index is 2.50. The van der Waals surface area contributed by atoms with Crippen LogP contribution in [0.2, 0.25) is 0 Å². The van der Waals surface area contributed by atoms with E-state index in [9.17, 15) is 8.42 Å². The summed E-state index contributed by atoms with van der Waals surface area (Å²) in [4.78, 5) is 0. The van der Waals surface area contributed by atoms with Gasteiger partial charge in [0.25, 0.3) is 0 Å². The van der Waals surface area contributed by atoms with Gasteiger partial charge in [-0.25, -0.2) is 8.42 Å². The predicted molar refractivity (Wildman–Crippen MR) is 68.3 cm³/mol. The average molecular weight is 255 g/mol. The summed E-state index contributed by atoms with van der Waals surface area (Å²) in [7, 11) is -2.97. The molecule has 0 unspecified atom stereocenters. The fourth-order valence-electron chi connectivity index (χ4n) is 1.65. The van der Waals surface area contributed by atoms with Crippen molar-refractivity contribution in [1.29, 1.82) is 0 Å². The summed E-state index contributed by atoms with van der Waals surface area (Å²) in [5, 5.41) is 2.93. The number of nitrogens with two attached hydrogens (primary N) is 1. The van der Waals surface area contributed by atoms with Gasteiger partial charge in [0.2, 0.25) is 0 Å². The molecule has 0 spiro atoms. The average Bonchev–Trinajstić information content (AvgIpc) is 2.58. The SMILES string of the molecule is CS(=O)(=O)Cc1csc2cc(CN)ccc12. The molecule has 2 N–H and O–H groups in total. The summed E-state index contributed by atoms with van der Waals surface area (Å²) in [5.41, 5.74) is 7.51. The van der Waals surface area contributed by atoms with E-state index < -0.39 is 9.84 Å². The molecule has 0 aliphatic rings. The van der Waals surface area contributed by atoms with Crippen molar-refractivity contribution in [2.75, 3.05) is 6.26 Å². The van der Waals surface area contributed by atoms with Crippen LogP contribution in [0.4, 0.5) is 0 Å². The van der Waals surface area contributed by atoms with E-state index in [0.29, 0.717) is 6.54 Å². The lowest BCUT2D eigenvalue weighted by Crippen LogP contribution is -2.00. The normalized spacial score (nSPS) is 12.1. The van der Waals surface area contributed by atoms with E-state index in [2.05, 4.69) is 0 Å². The van der Waals surface area contributed by atoms with E-state index in [1.807, 2.05) is 23.6 Å². The number of fused-ring (bicyclic) bond motifs is 1. The van der Waals surface area contributed by atoms with Crippen LogP contribution in [-0.2, 0) is 22.1 Å². The maximum atomic E-state index is 11.3. The highest BCUT2D eigenvalue weighted by molar-refractivity contribution is 7.89. The molecule has 1 heterocycles. The molecule has 0 fully saturated rings. The molecule has 16 heavy (non-hydrogen) atoms. The largest absolute Gasteiger partial charge is 0.326 e. The van der Waals surface area contributed by atoms with Crippen LogP contribution in [0.5, 0.6) is 0 Å². The monoisotopic (exact) mass is 255 g/mol. The third-order valence-electron chi connectivity index (χ3n) is 2.37. The van der Waals surface area contributed by atoms with Crippen LogP contribution in [0, 0.1) is 0 Å². The van der Waals surface area contributed by atoms with Crippen molar-refractivity contribution < 1.29 is 8.42 Å². The number of rotatable bonds is 3. The fourth-order valence-corrected chi connectivity index (χ4v) is 3.58. The van der Waals surface area contributed by atoms with Crippen LogP contribution in [0.25, 0.3) is 10.1 Å². The van der Waals surface area contributed by atoms with Gasteiger partial charge < -0.3 is 5.73 Å². The molecule has 0 bridgehead atoms. The molecule has 2 aromatic rings. The van der Waals surface area contributed by atoms with Gasteiger partial charge >= 0.3 is 0 Å². The van der Waals surface area contributed by atoms with Crippen molar-refractivity contribution in [2.45, 2.75) is 12.3 Å². The van der Waals surface area contributed by atoms with E-state index in [-0.39, 0.29) is 5.75 Å². The minimum absolute atomic E-state index is 0.106. The van der Waals surface area contributed by atoms with Crippen molar-refractivity contribution in [3.8, 4) is 0 Å². The third kappa shape index (κ3) is 2.42. The smallest absolute Gasteiger partial charge is 0.151 e. The second kappa shape index (κ2) is 4.16. The van der Waals surface area contributed by atoms with E-state index in [1.165, 1.54) is 6.26 Å². The lowest BCUT2D eigenvalue weighted by atomic mass is 10.1. The third-order valence-corrected chi connectivity index (χ3v) is 4.20. The highest BCUT2D eigenvalue weighted by atomic mass is 32.2. The summed E-state index contributed by atoms with van der Waals surface area (Å²) >= 11 is 1.56. The first-order valence-electron chi connectivity index (χ1n) is 4.86. The zero-order valence-corrected chi connectivity index (χ0v) is 10.6. The summed E-state index contributed by atoms with van der Waals surface area (Å²) in [6.45, 7) is 0.509. The van der Waals surface area contributed by atoms with Crippen LogP contribution in [-0.4, -0.2) is 14.7 Å². The van der Waals surface area contributed by atoms with Gasteiger partial charge in [-0.15, -0.1) is 11.3 Å². The molecule has 86 valence electrons. The fraction of sp³-hybridized carbons (Fsp3) is 0.273. The van der Waals surface area contributed by atoms with Gasteiger partial charge in [0.05, 0.1) is 5.75 Å². The Morgan fingerprint density at radius 1 is 1.38 bits per heavy atom. The number of hydrogen-bond donors (Lipinski definition) is 1. The molecular weight excluding hydrogens is 242 g/mol. The maximum absolute atomic E-state index is 11.3. The molecule has 0 aliphatic carbocycles. The molecule has 2 rings (SSSR count). The van der Waals surface area contributed by atoms with Crippen molar-refractivity contribution in [2.24, 2.45) is 5.73 Å². The first kappa shape index (κ1) is 11.6. The van der Waals surface area contributed by atoms with Crippen molar-refractivity contribution >= 4 is 31.3 Å². The van der Waals surface area contributed by atoms with E-state index in [0.717, 1.165) is 21.2 Å². The van der Waals surface area contributed by atoms with Gasteiger partial charge in [-0.2, -0.15) is 0 Å². The molecular formula is C11H13NO2S2. The van der Waals surface area contributed by atoms with Crippen LogP contribution >= 0.6 is 11.3 Å². The molecule has 0 aliphatic heterocycles. The molecule has 0 saturated carbocycles. The Kier molecular flexibility index (Phi) is 3.01. The van der Waals surface area contributed by atoms with Gasteiger partial charge in [-0.05, 0) is 28.0 Å². The van der Waals surface area contributed by atoms with E-state index in [4.69, 9.17) is 5.73 Å². The van der Waals surface area contributed by atoms with Crippen molar-refractivity contribution in [3.05, 3.63) is 34.7 Å². The van der Waals surface area contributed by atoms with Gasteiger partial charge in [0.1, 0.15) is 0 Å². The molecule has 0 atom stereocenters. The molecule has 1 aromatic carbocycles. The Morgan fingerprint density at radius 2 is 2.12 bits per heavy atom. The summed E-state index contributed by atoms with van der Waals surface area (Å²) < 4.78 is 23.6. The predicted octanol–water partition coefficient (Wildman–Crippen LogP) is 1.90. The summed E-state index contributed by atoms with van der Waals surface area (Å²) in [6.07, 6.45) is 1.25. The molecule has 3 nitrogen and oxygen atoms in total. The molecule has 0 saturated heterocycles. The Bertz CT molecular complexity index is 614. The summed E-state index contributed by atoms with van der Waals surface area (Å²) in [5.74, 6) is 0.106. The zero-order chi connectivity index (χ0) is 11.8. The molecule has 0 amide bonds. The maximum Gasteiger partial charge on any atom is 0.151 e. The van der Waals surface area contributed by atoms with Gasteiger partial charge in [0, 0.05) is 17.5 Å². The number of sulfone groups is 1. The minimum Gasteiger partial charge on any atom is -0.326 e. The Morgan fingerprint density at radius 3 is 2.75 bits per heavy atom. The van der Waals surface area contributed by atoms with Crippen molar-refractivity contribution in [3.63, 3.8) is 0 Å². The standard InChI is InChI=1S/C11H13NO2S2/c1-16(13,14)7-9-6-15-11-4-8(5-12)2-3-10(9)11/h2-4,6H,5,7,12H2,1H3. The van der Waals surface area contributed by atoms with E-state index >= 15 is 0 Å². The first-order chi connectivity index (χ1) is 7.49. The lowest BCUT2D eigenvalue weighted by Gasteiger charge is -1.99. The van der Waals surface area contributed by atoms with Crippen LogP contribution < -0.4 is 5.73 Å². The Hall–Kier alpha value is -0.910. The van der Waals surface area contributed by atoms with Gasteiger partial charge in [-0.1, -0.05) is 12.1 Å².